The molecule has 0 aromatic heterocycles. The lowest BCUT2D eigenvalue weighted by molar-refractivity contribution is 0.0180. The normalized spacial score (nSPS) is 20.4. The van der Waals surface area contributed by atoms with E-state index in [0.717, 1.165) is 43.6 Å². The Morgan fingerprint density at radius 1 is 1.33 bits per heavy atom. The highest BCUT2D eigenvalue weighted by Gasteiger charge is 2.13. The zero-order valence-electron chi connectivity index (χ0n) is 9.71. The maximum atomic E-state index is 5.72. The number of alkyl halides is 1. The summed E-state index contributed by atoms with van der Waals surface area (Å²) in [4.78, 5) is 0. The molecule has 90 valence electrons. The number of rotatable bonds is 7. The average Bonchev–Trinajstić information content (AvgIpc) is 2.26. The standard InChI is InChI=1S/C12H23BrO2/c1-11(2-6-13)3-7-15-10-12-4-8-14-9-5-12/h11-12H,2-10H2,1H3. The summed E-state index contributed by atoms with van der Waals surface area (Å²) < 4.78 is 11.0. The molecule has 1 atom stereocenters. The molecular formula is C12H23BrO2. The summed E-state index contributed by atoms with van der Waals surface area (Å²) in [7, 11) is 0. The minimum absolute atomic E-state index is 0.741. The van der Waals surface area contributed by atoms with Gasteiger partial charge in [-0.1, -0.05) is 22.9 Å². The third-order valence-electron chi connectivity index (χ3n) is 3.05. The van der Waals surface area contributed by atoms with Crippen LogP contribution in [0.1, 0.15) is 32.6 Å². The Hall–Kier alpha value is 0.400. The number of halogens is 1. The van der Waals surface area contributed by atoms with Crippen LogP contribution in [0.25, 0.3) is 0 Å². The van der Waals surface area contributed by atoms with Crippen LogP contribution < -0.4 is 0 Å². The smallest absolute Gasteiger partial charge is 0.0495 e. The van der Waals surface area contributed by atoms with E-state index in [0.29, 0.717) is 0 Å². The summed E-state index contributed by atoms with van der Waals surface area (Å²) in [5.74, 6) is 1.52. The van der Waals surface area contributed by atoms with Crippen molar-refractivity contribution in [3.05, 3.63) is 0 Å². The van der Waals surface area contributed by atoms with Crippen molar-refractivity contribution in [1.29, 1.82) is 0 Å². The molecule has 1 fully saturated rings. The molecule has 0 spiro atoms. The Labute approximate surface area is 102 Å². The molecule has 1 aliphatic heterocycles. The van der Waals surface area contributed by atoms with Crippen LogP contribution in [0.4, 0.5) is 0 Å². The summed E-state index contributed by atoms with van der Waals surface area (Å²) >= 11 is 3.47. The van der Waals surface area contributed by atoms with Crippen molar-refractivity contribution in [3.8, 4) is 0 Å². The Kier molecular flexibility index (Phi) is 7.67. The Morgan fingerprint density at radius 3 is 2.73 bits per heavy atom. The van der Waals surface area contributed by atoms with Crippen LogP contribution in [-0.4, -0.2) is 31.8 Å². The summed E-state index contributed by atoms with van der Waals surface area (Å²) in [6.45, 7) is 6.00. The summed E-state index contributed by atoms with van der Waals surface area (Å²) in [6.07, 6.45) is 4.79. The molecule has 1 heterocycles. The highest BCUT2D eigenvalue weighted by atomic mass is 79.9. The topological polar surface area (TPSA) is 18.5 Å². The second-order valence-corrected chi connectivity index (χ2v) is 5.30. The number of ether oxygens (including phenoxy) is 2. The van der Waals surface area contributed by atoms with Crippen molar-refractivity contribution in [1.82, 2.24) is 0 Å². The molecule has 0 amide bonds. The van der Waals surface area contributed by atoms with Crippen molar-refractivity contribution in [3.63, 3.8) is 0 Å². The molecule has 1 aliphatic rings. The fraction of sp³-hybridized carbons (Fsp3) is 1.00. The van der Waals surface area contributed by atoms with E-state index in [-0.39, 0.29) is 0 Å². The van der Waals surface area contributed by atoms with Gasteiger partial charge in [-0.2, -0.15) is 0 Å². The lowest BCUT2D eigenvalue weighted by atomic mass is 10.0. The van der Waals surface area contributed by atoms with E-state index < -0.39 is 0 Å². The molecule has 0 aromatic carbocycles. The molecule has 2 nitrogen and oxygen atoms in total. The van der Waals surface area contributed by atoms with E-state index in [9.17, 15) is 0 Å². The largest absolute Gasteiger partial charge is 0.381 e. The van der Waals surface area contributed by atoms with Gasteiger partial charge in [-0.15, -0.1) is 0 Å². The predicted molar refractivity (Wildman–Crippen MR) is 66.6 cm³/mol. The van der Waals surface area contributed by atoms with Crippen LogP contribution >= 0.6 is 15.9 Å². The minimum Gasteiger partial charge on any atom is -0.381 e. The molecule has 0 aliphatic carbocycles. The van der Waals surface area contributed by atoms with Crippen molar-refractivity contribution in [2.45, 2.75) is 32.6 Å². The molecule has 15 heavy (non-hydrogen) atoms. The molecule has 0 saturated carbocycles. The van der Waals surface area contributed by atoms with Gasteiger partial charge in [0.2, 0.25) is 0 Å². The quantitative estimate of drug-likeness (QED) is 0.526. The first kappa shape index (κ1) is 13.5. The van der Waals surface area contributed by atoms with Gasteiger partial charge in [0.25, 0.3) is 0 Å². The third-order valence-corrected chi connectivity index (χ3v) is 3.51. The zero-order chi connectivity index (χ0) is 10.9. The highest BCUT2D eigenvalue weighted by Crippen LogP contribution is 2.15. The Balaban J connectivity index is 1.91. The van der Waals surface area contributed by atoms with Crippen LogP contribution in [0, 0.1) is 11.8 Å². The van der Waals surface area contributed by atoms with Crippen LogP contribution in [0.5, 0.6) is 0 Å². The number of hydrogen-bond acceptors (Lipinski definition) is 2. The molecule has 3 heteroatoms. The first-order chi connectivity index (χ1) is 7.33. The lowest BCUT2D eigenvalue weighted by Gasteiger charge is -2.22. The Morgan fingerprint density at radius 2 is 2.07 bits per heavy atom. The summed E-state index contributed by atoms with van der Waals surface area (Å²) in [5, 5.41) is 1.11. The third kappa shape index (κ3) is 6.54. The van der Waals surface area contributed by atoms with E-state index in [1.165, 1.54) is 25.7 Å². The van der Waals surface area contributed by atoms with Crippen molar-refractivity contribution in [2.24, 2.45) is 11.8 Å². The van der Waals surface area contributed by atoms with Gasteiger partial charge in [0.1, 0.15) is 0 Å². The molecule has 1 rings (SSSR count). The molecule has 1 saturated heterocycles. The second kappa shape index (κ2) is 8.54. The Bertz CT molecular complexity index is 147. The lowest BCUT2D eigenvalue weighted by Crippen LogP contribution is -2.20. The highest BCUT2D eigenvalue weighted by molar-refractivity contribution is 9.09. The fourth-order valence-electron chi connectivity index (χ4n) is 1.78. The maximum Gasteiger partial charge on any atom is 0.0495 e. The van der Waals surface area contributed by atoms with E-state index in [1.54, 1.807) is 0 Å². The second-order valence-electron chi connectivity index (χ2n) is 4.50. The molecule has 0 N–H and O–H groups in total. The van der Waals surface area contributed by atoms with Crippen LogP contribution in [0.15, 0.2) is 0 Å². The van der Waals surface area contributed by atoms with E-state index >= 15 is 0 Å². The van der Waals surface area contributed by atoms with Crippen molar-refractivity contribution >= 4 is 15.9 Å². The van der Waals surface area contributed by atoms with Gasteiger partial charge in [0.15, 0.2) is 0 Å². The molecule has 0 radical (unpaired) electrons. The van der Waals surface area contributed by atoms with Crippen molar-refractivity contribution in [2.75, 3.05) is 31.8 Å². The van der Waals surface area contributed by atoms with Gasteiger partial charge in [0.05, 0.1) is 0 Å². The van der Waals surface area contributed by atoms with Gasteiger partial charge in [0, 0.05) is 31.8 Å². The molecule has 1 unspecified atom stereocenters. The SMILES string of the molecule is CC(CCBr)CCOCC1CCOCC1. The van der Waals surface area contributed by atoms with Gasteiger partial charge >= 0.3 is 0 Å². The van der Waals surface area contributed by atoms with Gasteiger partial charge in [-0.05, 0) is 37.5 Å². The van der Waals surface area contributed by atoms with Crippen molar-refractivity contribution < 1.29 is 9.47 Å². The molecule has 0 bridgehead atoms. The fourth-order valence-corrected chi connectivity index (χ4v) is 2.56. The first-order valence-electron chi connectivity index (χ1n) is 6.04. The zero-order valence-corrected chi connectivity index (χ0v) is 11.3. The van der Waals surface area contributed by atoms with Crippen LogP contribution in [0.3, 0.4) is 0 Å². The van der Waals surface area contributed by atoms with Gasteiger partial charge < -0.3 is 9.47 Å². The van der Waals surface area contributed by atoms with E-state index in [1.807, 2.05) is 0 Å². The summed E-state index contributed by atoms with van der Waals surface area (Å²) in [6, 6.07) is 0. The van der Waals surface area contributed by atoms with E-state index in [2.05, 4.69) is 22.9 Å². The average molecular weight is 279 g/mol. The molecule has 0 aromatic rings. The predicted octanol–water partition coefficient (Wildman–Crippen LogP) is 3.24. The first-order valence-corrected chi connectivity index (χ1v) is 7.16. The minimum atomic E-state index is 0.741. The van der Waals surface area contributed by atoms with Crippen LogP contribution in [-0.2, 0) is 9.47 Å². The van der Waals surface area contributed by atoms with Crippen LogP contribution in [0.2, 0.25) is 0 Å². The summed E-state index contributed by atoms with van der Waals surface area (Å²) in [5.41, 5.74) is 0. The number of hydrogen-bond donors (Lipinski definition) is 0. The van der Waals surface area contributed by atoms with Gasteiger partial charge in [-0.25, -0.2) is 0 Å². The molecular weight excluding hydrogens is 256 g/mol. The maximum absolute atomic E-state index is 5.72. The van der Waals surface area contributed by atoms with E-state index in [4.69, 9.17) is 9.47 Å². The monoisotopic (exact) mass is 278 g/mol. The van der Waals surface area contributed by atoms with Gasteiger partial charge in [-0.3, -0.25) is 0 Å².